The van der Waals surface area contributed by atoms with E-state index in [2.05, 4.69) is 15.4 Å². The van der Waals surface area contributed by atoms with Crippen molar-refractivity contribution < 1.29 is 9.13 Å². The number of rotatable bonds is 5. The predicted octanol–water partition coefficient (Wildman–Crippen LogP) is 2.42. The number of benzene rings is 1. The molecule has 0 aliphatic carbocycles. The molecule has 1 aromatic carbocycles. The predicted molar refractivity (Wildman–Crippen MR) is 69.6 cm³/mol. The third kappa shape index (κ3) is 3.29. The summed E-state index contributed by atoms with van der Waals surface area (Å²) in [5, 5.41) is 7.27. The highest BCUT2D eigenvalue weighted by atomic mass is 19.1. The molecule has 5 nitrogen and oxygen atoms in total. The van der Waals surface area contributed by atoms with Crippen molar-refractivity contribution in [2.45, 2.75) is 19.9 Å². The first-order chi connectivity index (χ1) is 9.10. The number of hydrogen-bond donors (Lipinski definition) is 1. The molecule has 2 rings (SSSR count). The Balaban J connectivity index is 2.28. The summed E-state index contributed by atoms with van der Waals surface area (Å²) in [6, 6.07) is 4.65. The van der Waals surface area contributed by atoms with E-state index in [4.69, 9.17) is 4.74 Å². The van der Waals surface area contributed by atoms with Crippen LogP contribution < -0.4 is 10.1 Å². The Labute approximate surface area is 111 Å². The second-order valence-electron chi connectivity index (χ2n) is 4.26. The second-order valence-corrected chi connectivity index (χ2v) is 4.26. The van der Waals surface area contributed by atoms with Crippen molar-refractivity contribution in [1.82, 2.24) is 20.1 Å². The maximum Gasteiger partial charge on any atom is 0.340 e. The van der Waals surface area contributed by atoms with Crippen LogP contribution in [-0.2, 0) is 7.05 Å². The first-order valence-electron chi connectivity index (χ1n) is 6.16. The van der Waals surface area contributed by atoms with Gasteiger partial charge in [0.15, 0.2) is 0 Å². The number of halogens is 1. The fraction of sp³-hybridized carbons (Fsp3) is 0.385. The van der Waals surface area contributed by atoms with Gasteiger partial charge in [0.1, 0.15) is 17.9 Å². The maximum atomic E-state index is 13.4. The number of nitrogens with one attached hydrogen (secondary N) is 1. The van der Waals surface area contributed by atoms with E-state index >= 15 is 0 Å². The van der Waals surface area contributed by atoms with Crippen molar-refractivity contribution in [3.05, 3.63) is 35.9 Å². The molecule has 19 heavy (non-hydrogen) atoms. The highest BCUT2D eigenvalue weighted by Crippen LogP contribution is 2.28. The topological polar surface area (TPSA) is 52.0 Å². The average Bonchev–Trinajstić information content (AvgIpc) is 2.77. The summed E-state index contributed by atoms with van der Waals surface area (Å²) in [5.74, 6) is 0.266. The highest BCUT2D eigenvalue weighted by molar-refractivity contribution is 5.37. The average molecular weight is 264 g/mol. The highest BCUT2D eigenvalue weighted by Gasteiger charge is 2.14. The Morgan fingerprint density at radius 2 is 2.26 bits per heavy atom. The largest absolute Gasteiger partial charge is 0.423 e. The molecule has 1 atom stereocenters. The van der Waals surface area contributed by atoms with Crippen LogP contribution in [0, 0.1) is 5.82 Å². The lowest BCUT2D eigenvalue weighted by Crippen LogP contribution is -2.18. The number of ether oxygens (including phenoxy) is 1. The van der Waals surface area contributed by atoms with Crippen molar-refractivity contribution in [3.8, 4) is 11.8 Å². The van der Waals surface area contributed by atoms with Gasteiger partial charge in [-0.25, -0.2) is 4.39 Å². The van der Waals surface area contributed by atoms with E-state index < -0.39 is 0 Å². The zero-order chi connectivity index (χ0) is 13.8. The van der Waals surface area contributed by atoms with Crippen molar-refractivity contribution in [1.29, 1.82) is 0 Å². The van der Waals surface area contributed by atoms with E-state index in [-0.39, 0.29) is 17.9 Å². The lowest BCUT2D eigenvalue weighted by Gasteiger charge is -2.16. The van der Waals surface area contributed by atoms with E-state index in [1.54, 1.807) is 24.1 Å². The molecule has 0 spiro atoms. The summed E-state index contributed by atoms with van der Waals surface area (Å²) in [5.41, 5.74) is 0.745. The summed E-state index contributed by atoms with van der Waals surface area (Å²) in [6.45, 7) is 4.74. The zero-order valence-corrected chi connectivity index (χ0v) is 11.2. The van der Waals surface area contributed by atoms with Crippen LogP contribution in [0.15, 0.2) is 24.5 Å². The van der Waals surface area contributed by atoms with Gasteiger partial charge in [0.05, 0.1) is 0 Å². The first-order valence-corrected chi connectivity index (χ1v) is 6.16. The smallest absolute Gasteiger partial charge is 0.340 e. The zero-order valence-electron chi connectivity index (χ0n) is 11.2. The van der Waals surface area contributed by atoms with Crippen molar-refractivity contribution >= 4 is 0 Å². The normalized spacial score (nSPS) is 12.4. The number of aryl methyl sites for hydroxylation is 1. The van der Waals surface area contributed by atoms with Crippen molar-refractivity contribution in [2.24, 2.45) is 7.05 Å². The van der Waals surface area contributed by atoms with E-state index in [0.717, 1.165) is 12.1 Å². The van der Waals surface area contributed by atoms with E-state index in [0.29, 0.717) is 5.75 Å². The molecule has 0 saturated carbocycles. The van der Waals surface area contributed by atoms with Gasteiger partial charge in [0.25, 0.3) is 0 Å². The molecule has 0 fully saturated rings. The van der Waals surface area contributed by atoms with Crippen LogP contribution in [0.3, 0.4) is 0 Å². The van der Waals surface area contributed by atoms with E-state index in [9.17, 15) is 4.39 Å². The first kappa shape index (κ1) is 13.5. The summed E-state index contributed by atoms with van der Waals surface area (Å²) in [4.78, 5) is 4.00. The van der Waals surface area contributed by atoms with Gasteiger partial charge in [-0.3, -0.25) is 4.68 Å². The van der Waals surface area contributed by atoms with Gasteiger partial charge < -0.3 is 10.1 Å². The van der Waals surface area contributed by atoms with Crippen molar-refractivity contribution in [3.63, 3.8) is 0 Å². The van der Waals surface area contributed by atoms with Gasteiger partial charge in [-0.05, 0) is 31.7 Å². The fourth-order valence-electron chi connectivity index (χ4n) is 1.83. The second kappa shape index (κ2) is 5.79. The number of nitrogens with zero attached hydrogens (tertiary/aromatic N) is 3. The molecule has 1 unspecified atom stereocenters. The SMILES string of the molecule is CCNC(C)c1cc(F)ccc1Oc1ncn(C)n1. The molecule has 0 saturated heterocycles. The molecule has 0 aliphatic heterocycles. The Hall–Kier alpha value is -1.95. The molecule has 6 heteroatoms. The van der Waals surface area contributed by atoms with E-state index in [1.165, 1.54) is 12.1 Å². The fourth-order valence-corrected chi connectivity index (χ4v) is 1.83. The maximum absolute atomic E-state index is 13.4. The molecular weight excluding hydrogens is 247 g/mol. The van der Waals surface area contributed by atoms with Crippen LogP contribution in [0.1, 0.15) is 25.5 Å². The Morgan fingerprint density at radius 1 is 1.47 bits per heavy atom. The number of hydrogen-bond acceptors (Lipinski definition) is 4. The van der Waals surface area contributed by atoms with Gasteiger partial charge in [-0.15, -0.1) is 5.10 Å². The minimum Gasteiger partial charge on any atom is -0.423 e. The molecule has 0 amide bonds. The number of aromatic nitrogens is 3. The molecule has 1 aromatic heterocycles. The lowest BCUT2D eigenvalue weighted by molar-refractivity contribution is 0.423. The van der Waals surface area contributed by atoms with Gasteiger partial charge >= 0.3 is 6.01 Å². The van der Waals surface area contributed by atoms with Gasteiger partial charge in [-0.2, -0.15) is 4.98 Å². The summed E-state index contributed by atoms with van der Waals surface area (Å²) < 4.78 is 20.5. The third-order valence-electron chi connectivity index (χ3n) is 2.73. The minimum absolute atomic E-state index is 0.0144. The van der Waals surface area contributed by atoms with Crippen LogP contribution in [0.2, 0.25) is 0 Å². The van der Waals surface area contributed by atoms with E-state index in [1.807, 2.05) is 13.8 Å². The summed E-state index contributed by atoms with van der Waals surface area (Å²) in [6.07, 6.45) is 1.55. The molecular formula is C13H17FN4O. The Bertz CT molecular complexity index is 555. The molecule has 1 heterocycles. The third-order valence-corrected chi connectivity index (χ3v) is 2.73. The molecule has 0 radical (unpaired) electrons. The molecule has 1 N–H and O–H groups in total. The Kier molecular flexibility index (Phi) is 4.11. The van der Waals surface area contributed by atoms with Gasteiger partial charge in [0.2, 0.25) is 0 Å². The lowest BCUT2D eigenvalue weighted by atomic mass is 10.1. The van der Waals surface area contributed by atoms with Gasteiger partial charge in [0, 0.05) is 18.7 Å². The van der Waals surface area contributed by atoms with Crippen LogP contribution in [0.4, 0.5) is 4.39 Å². The summed E-state index contributed by atoms with van der Waals surface area (Å²) >= 11 is 0. The van der Waals surface area contributed by atoms with Gasteiger partial charge in [-0.1, -0.05) is 6.92 Å². The van der Waals surface area contributed by atoms with Crippen molar-refractivity contribution in [2.75, 3.05) is 6.54 Å². The van der Waals surface area contributed by atoms with Crippen LogP contribution in [-0.4, -0.2) is 21.3 Å². The molecule has 0 bridgehead atoms. The van der Waals surface area contributed by atoms with Crippen LogP contribution in [0.25, 0.3) is 0 Å². The molecule has 0 aliphatic rings. The molecule has 102 valence electrons. The quantitative estimate of drug-likeness (QED) is 0.901. The minimum atomic E-state index is -0.291. The Morgan fingerprint density at radius 3 is 2.89 bits per heavy atom. The summed E-state index contributed by atoms with van der Waals surface area (Å²) in [7, 11) is 1.76. The van der Waals surface area contributed by atoms with Crippen LogP contribution >= 0.6 is 0 Å². The van der Waals surface area contributed by atoms with Crippen LogP contribution in [0.5, 0.6) is 11.8 Å². The monoisotopic (exact) mass is 264 g/mol. The molecule has 2 aromatic rings. The standard InChI is InChI=1S/C13H17FN4O/c1-4-15-9(2)11-7-10(14)5-6-12(11)19-13-16-8-18(3)17-13/h5-9,15H,4H2,1-3H3.